The zero-order chi connectivity index (χ0) is 17.1. The van der Waals surface area contributed by atoms with Gasteiger partial charge in [0.1, 0.15) is 11.6 Å². The zero-order valence-electron chi connectivity index (χ0n) is 12.9. The average molecular weight is 348 g/mol. The summed E-state index contributed by atoms with van der Waals surface area (Å²) in [6, 6.07) is 6.48. The van der Waals surface area contributed by atoms with E-state index in [0.29, 0.717) is 23.0 Å². The number of benzene rings is 1. The van der Waals surface area contributed by atoms with Crippen molar-refractivity contribution in [3.8, 4) is 0 Å². The minimum atomic E-state index is -0.797. The second-order valence-corrected chi connectivity index (χ2v) is 5.70. The van der Waals surface area contributed by atoms with E-state index in [0.717, 1.165) is 5.57 Å². The van der Waals surface area contributed by atoms with Gasteiger partial charge in [0.25, 0.3) is 0 Å². The molecule has 0 N–H and O–H groups in total. The smallest absolute Gasteiger partial charge is 0.437 e. The van der Waals surface area contributed by atoms with Crippen molar-refractivity contribution in [1.82, 2.24) is 0 Å². The Balaban J connectivity index is 2.01. The molecule has 0 fully saturated rings. The van der Waals surface area contributed by atoms with E-state index in [-0.39, 0.29) is 11.7 Å². The Morgan fingerprint density at radius 1 is 1.38 bits per heavy atom. The van der Waals surface area contributed by atoms with Crippen LogP contribution in [0.25, 0.3) is 0 Å². The molecule has 0 amide bonds. The lowest BCUT2D eigenvalue weighted by molar-refractivity contribution is 0.0927. The Kier molecular flexibility index (Phi) is 4.71. The van der Waals surface area contributed by atoms with Crippen molar-refractivity contribution in [2.24, 2.45) is 5.92 Å². The summed E-state index contributed by atoms with van der Waals surface area (Å²) in [6.45, 7) is 0.340. The molecule has 1 aromatic carbocycles. The van der Waals surface area contributed by atoms with Crippen LogP contribution < -0.4 is 4.90 Å². The Bertz CT molecular complexity index is 782. The molecule has 6 heteroatoms. The third-order valence-corrected chi connectivity index (χ3v) is 3.98. The van der Waals surface area contributed by atoms with Gasteiger partial charge in [0.05, 0.1) is 18.7 Å². The summed E-state index contributed by atoms with van der Waals surface area (Å²) in [6.07, 6.45) is 8.06. The first-order chi connectivity index (χ1) is 11.6. The van der Waals surface area contributed by atoms with E-state index < -0.39 is 6.16 Å². The summed E-state index contributed by atoms with van der Waals surface area (Å²) < 4.78 is 23.9. The van der Waals surface area contributed by atoms with E-state index in [1.165, 1.54) is 13.2 Å². The maximum absolute atomic E-state index is 14.1. The number of ether oxygens (including phenoxy) is 2. The molecule has 1 aromatic rings. The minimum absolute atomic E-state index is 0.289. The highest BCUT2D eigenvalue weighted by Crippen LogP contribution is 2.34. The van der Waals surface area contributed by atoms with Crippen molar-refractivity contribution in [3.63, 3.8) is 0 Å². The number of carbonyl (C=O) groups excluding carboxylic acids is 1. The molecule has 3 rings (SSSR count). The lowest BCUT2D eigenvalue weighted by Gasteiger charge is -2.21. The van der Waals surface area contributed by atoms with Crippen molar-refractivity contribution >= 4 is 23.4 Å². The van der Waals surface area contributed by atoms with Gasteiger partial charge in [-0.2, -0.15) is 0 Å². The van der Waals surface area contributed by atoms with Crippen LogP contribution in [-0.2, 0) is 9.47 Å². The number of rotatable bonds is 2. The van der Waals surface area contributed by atoms with Gasteiger partial charge >= 0.3 is 6.16 Å². The molecule has 124 valence electrons. The quantitative estimate of drug-likeness (QED) is 0.738. The first-order valence-electron chi connectivity index (χ1n) is 7.32. The molecule has 1 aliphatic carbocycles. The van der Waals surface area contributed by atoms with Crippen molar-refractivity contribution in [3.05, 3.63) is 77.0 Å². The number of allylic oxidation sites excluding steroid dienone is 4. The molecule has 0 saturated heterocycles. The summed E-state index contributed by atoms with van der Waals surface area (Å²) in [7, 11) is 1.25. The van der Waals surface area contributed by atoms with Gasteiger partial charge in [-0.25, -0.2) is 9.18 Å². The van der Waals surface area contributed by atoms with Crippen LogP contribution in [0.2, 0.25) is 0 Å². The van der Waals surface area contributed by atoms with Crippen molar-refractivity contribution in [1.29, 1.82) is 0 Å². The normalized spacial score (nSPS) is 19.5. The van der Waals surface area contributed by atoms with E-state index in [9.17, 15) is 9.18 Å². The van der Waals surface area contributed by atoms with Crippen LogP contribution in [0.4, 0.5) is 14.9 Å². The molecule has 0 bridgehead atoms. The molecule has 24 heavy (non-hydrogen) atoms. The van der Waals surface area contributed by atoms with E-state index in [2.05, 4.69) is 4.74 Å². The van der Waals surface area contributed by atoms with E-state index >= 15 is 0 Å². The van der Waals surface area contributed by atoms with Gasteiger partial charge in [-0.3, -0.25) is 0 Å². The monoisotopic (exact) mass is 347 g/mol. The molecule has 0 radical (unpaired) electrons. The van der Waals surface area contributed by atoms with Crippen LogP contribution >= 0.6 is 11.6 Å². The van der Waals surface area contributed by atoms with Gasteiger partial charge in [-0.15, -0.1) is 0 Å². The van der Waals surface area contributed by atoms with Crippen molar-refractivity contribution < 1.29 is 18.7 Å². The highest BCUT2D eigenvalue weighted by Gasteiger charge is 2.26. The summed E-state index contributed by atoms with van der Waals surface area (Å²) >= 11 is 6.08. The molecule has 0 saturated carbocycles. The standard InChI is InChI=1S/C18H15ClFNO3/c1-23-18(22)24-17-8-9-21(16-5-3-2-4-15(16)20)11-12-10-13(19)6-7-14(12)17/h2-8,10-11,14H,9H2,1H3. The number of methoxy groups -OCH3 is 1. The fourth-order valence-electron chi connectivity index (χ4n) is 2.62. The van der Waals surface area contributed by atoms with Crippen LogP contribution in [0.15, 0.2) is 71.1 Å². The number of fused-ring (bicyclic) bond motifs is 1. The maximum Gasteiger partial charge on any atom is 0.513 e. The molecule has 1 atom stereocenters. The second kappa shape index (κ2) is 6.93. The highest BCUT2D eigenvalue weighted by atomic mass is 35.5. The van der Waals surface area contributed by atoms with Gasteiger partial charge in [0.2, 0.25) is 0 Å². The van der Waals surface area contributed by atoms with Gasteiger partial charge in [0, 0.05) is 17.8 Å². The number of hydrogen-bond donors (Lipinski definition) is 0. The number of para-hydroxylation sites is 1. The summed E-state index contributed by atoms with van der Waals surface area (Å²) in [5.41, 5.74) is 1.22. The molecule has 4 nitrogen and oxygen atoms in total. The van der Waals surface area contributed by atoms with Crippen LogP contribution in [0.5, 0.6) is 0 Å². The van der Waals surface area contributed by atoms with E-state index in [1.807, 2.05) is 6.08 Å². The molecule has 2 aliphatic rings. The molecule has 1 heterocycles. The Morgan fingerprint density at radius 3 is 2.92 bits per heavy atom. The predicted molar refractivity (Wildman–Crippen MR) is 90.0 cm³/mol. The number of hydrogen-bond acceptors (Lipinski definition) is 4. The Hall–Kier alpha value is -2.53. The Morgan fingerprint density at radius 2 is 2.17 bits per heavy atom. The minimum Gasteiger partial charge on any atom is -0.437 e. The molecule has 0 aromatic heterocycles. The largest absolute Gasteiger partial charge is 0.513 e. The summed E-state index contributed by atoms with van der Waals surface area (Å²) in [4.78, 5) is 13.2. The van der Waals surface area contributed by atoms with Crippen LogP contribution in [0, 0.1) is 11.7 Å². The average Bonchev–Trinajstić information content (AvgIpc) is 2.74. The van der Waals surface area contributed by atoms with Crippen LogP contribution in [-0.4, -0.2) is 19.8 Å². The molecular formula is C18H15ClFNO3. The molecule has 0 spiro atoms. The summed E-state index contributed by atoms with van der Waals surface area (Å²) in [5.74, 6) is -0.204. The zero-order valence-corrected chi connectivity index (χ0v) is 13.7. The van der Waals surface area contributed by atoms with Crippen molar-refractivity contribution in [2.75, 3.05) is 18.6 Å². The van der Waals surface area contributed by atoms with Gasteiger partial charge < -0.3 is 14.4 Å². The number of carbonyl (C=O) groups is 1. The third-order valence-electron chi connectivity index (χ3n) is 3.74. The lowest BCUT2D eigenvalue weighted by atomic mass is 9.93. The lowest BCUT2D eigenvalue weighted by Crippen LogP contribution is -2.17. The number of nitrogens with zero attached hydrogens (tertiary/aromatic N) is 1. The molecule has 1 unspecified atom stereocenters. The summed E-state index contributed by atoms with van der Waals surface area (Å²) in [5, 5.41) is 0.547. The second-order valence-electron chi connectivity index (χ2n) is 5.26. The topological polar surface area (TPSA) is 38.8 Å². The van der Waals surface area contributed by atoms with Gasteiger partial charge in [-0.05, 0) is 35.9 Å². The van der Waals surface area contributed by atoms with Gasteiger partial charge in [-0.1, -0.05) is 29.8 Å². The van der Waals surface area contributed by atoms with Gasteiger partial charge in [0.15, 0.2) is 0 Å². The fraction of sp³-hybridized carbons (Fsp3) is 0.167. The SMILES string of the molecule is COC(=O)OC1=CCN(c2ccccc2F)C=C2C=C(Cl)C=CC21. The van der Waals surface area contributed by atoms with E-state index in [1.54, 1.807) is 47.5 Å². The van der Waals surface area contributed by atoms with Crippen LogP contribution in [0.3, 0.4) is 0 Å². The molecule has 1 aliphatic heterocycles. The van der Waals surface area contributed by atoms with Crippen LogP contribution in [0.1, 0.15) is 0 Å². The molecular weight excluding hydrogens is 333 g/mol. The van der Waals surface area contributed by atoms with E-state index in [4.69, 9.17) is 16.3 Å². The first-order valence-corrected chi connectivity index (χ1v) is 7.70. The fourth-order valence-corrected chi connectivity index (χ4v) is 2.82. The highest BCUT2D eigenvalue weighted by molar-refractivity contribution is 6.31. The first kappa shape index (κ1) is 16.3. The predicted octanol–water partition coefficient (Wildman–Crippen LogP) is 4.51. The Labute approximate surface area is 144 Å². The number of halogens is 2. The third kappa shape index (κ3) is 3.36. The van der Waals surface area contributed by atoms with Crippen molar-refractivity contribution in [2.45, 2.75) is 0 Å². The number of anilines is 1. The maximum atomic E-state index is 14.1.